The lowest BCUT2D eigenvalue weighted by molar-refractivity contribution is 0.102. The van der Waals surface area contributed by atoms with Gasteiger partial charge in [0.15, 0.2) is 16.8 Å². The average Bonchev–Trinajstić information content (AvgIpc) is 3.38. The van der Waals surface area contributed by atoms with Crippen LogP contribution in [0, 0.1) is 0 Å². The highest BCUT2D eigenvalue weighted by atomic mass is 32.2. The van der Waals surface area contributed by atoms with E-state index in [1.54, 1.807) is 6.20 Å². The average molecular weight is 434 g/mol. The molecule has 0 spiro atoms. The van der Waals surface area contributed by atoms with Crippen molar-refractivity contribution in [2.45, 2.75) is 31.1 Å². The molecular weight excluding hydrogens is 406 g/mol. The number of hydrogen-bond donors (Lipinski definition) is 1. The number of carbonyl (C=O) groups excluding carboxylic acids is 1. The van der Waals surface area contributed by atoms with Gasteiger partial charge in [0.05, 0.1) is 18.3 Å². The SMILES string of the molecule is CC[C@@H](c1nnc(SCC(=O)c2c[nH]c3ccccc23)n1Cc1ccccc1)N(C)C. The number of fused-ring (bicyclic) bond motifs is 1. The van der Waals surface area contributed by atoms with Crippen molar-refractivity contribution in [3.63, 3.8) is 0 Å². The molecule has 4 aromatic rings. The maximum Gasteiger partial charge on any atom is 0.192 e. The largest absolute Gasteiger partial charge is 0.360 e. The Labute approximate surface area is 186 Å². The van der Waals surface area contributed by atoms with Crippen LogP contribution in [0.15, 0.2) is 66.0 Å². The van der Waals surface area contributed by atoms with Crippen LogP contribution in [0.2, 0.25) is 0 Å². The second-order valence-corrected chi connectivity index (χ2v) is 8.70. The lowest BCUT2D eigenvalue weighted by atomic mass is 10.1. The number of benzene rings is 2. The van der Waals surface area contributed by atoms with Gasteiger partial charge in [0.1, 0.15) is 0 Å². The summed E-state index contributed by atoms with van der Waals surface area (Å²) in [6.45, 7) is 2.83. The summed E-state index contributed by atoms with van der Waals surface area (Å²) in [4.78, 5) is 18.3. The lowest BCUT2D eigenvalue weighted by Crippen LogP contribution is -2.23. The first-order valence-corrected chi connectivity index (χ1v) is 11.4. The van der Waals surface area contributed by atoms with Gasteiger partial charge in [-0.3, -0.25) is 9.69 Å². The molecule has 1 atom stereocenters. The number of aromatic nitrogens is 4. The third kappa shape index (κ3) is 4.57. The van der Waals surface area contributed by atoms with Gasteiger partial charge in [-0.1, -0.05) is 67.2 Å². The molecule has 0 radical (unpaired) electrons. The molecule has 0 saturated heterocycles. The molecule has 0 aliphatic heterocycles. The van der Waals surface area contributed by atoms with Gasteiger partial charge in [0, 0.05) is 22.7 Å². The number of hydrogen-bond acceptors (Lipinski definition) is 5. The maximum atomic E-state index is 13.0. The van der Waals surface area contributed by atoms with Crippen LogP contribution in [-0.2, 0) is 6.54 Å². The second-order valence-electron chi connectivity index (χ2n) is 7.76. The van der Waals surface area contributed by atoms with Crippen molar-refractivity contribution in [3.05, 3.63) is 77.7 Å². The Hall–Kier alpha value is -2.90. The number of H-pyrrole nitrogens is 1. The summed E-state index contributed by atoms with van der Waals surface area (Å²) < 4.78 is 2.15. The zero-order chi connectivity index (χ0) is 21.8. The molecular formula is C24H27N5OS. The van der Waals surface area contributed by atoms with Gasteiger partial charge in [-0.05, 0) is 32.1 Å². The Morgan fingerprint density at radius 2 is 1.84 bits per heavy atom. The van der Waals surface area contributed by atoms with E-state index in [1.165, 1.54) is 17.3 Å². The van der Waals surface area contributed by atoms with Crippen molar-refractivity contribution >= 4 is 28.4 Å². The topological polar surface area (TPSA) is 66.8 Å². The molecule has 0 unspecified atom stereocenters. The van der Waals surface area contributed by atoms with E-state index < -0.39 is 0 Å². The smallest absolute Gasteiger partial charge is 0.192 e. The number of nitrogens with one attached hydrogen (secondary N) is 1. The molecule has 0 fully saturated rings. The molecule has 0 aliphatic rings. The monoisotopic (exact) mass is 433 g/mol. The quantitative estimate of drug-likeness (QED) is 0.303. The van der Waals surface area contributed by atoms with Crippen LogP contribution >= 0.6 is 11.8 Å². The summed E-state index contributed by atoms with van der Waals surface area (Å²) in [7, 11) is 4.12. The summed E-state index contributed by atoms with van der Waals surface area (Å²) in [6, 6.07) is 18.3. The Kier molecular flexibility index (Phi) is 6.53. The second kappa shape index (κ2) is 9.49. The Morgan fingerprint density at radius 3 is 2.58 bits per heavy atom. The molecule has 2 aromatic carbocycles. The third-order valence-corrected chi connectivity index (χ3v) is 6.43. The van der Waals surface area contributed by atoms with Crippen molar-refractivity contribution in [2.75, 3.05) is 19.8 Å². The van der Waals surface area contributed by atoms with Crippen LogP contribution in [0.1, 0.15) is 41.1 Å². The van der Waals surface area contributed by atoms with Crippen LogP contribution in [-0.4, -0.2) is 50.3 Å². The van der Waals surface area contributed by atoms with Crippen molar-refractivity contribution in [2.24, 2.45) is 0 Å². The van der Waals surface area contributed by atoms with Crippen LogP contribution < -0.4 is 0 Å². The summed E-state index contributed by atoms with van der Waals surface area (Å²) >= 11 is 1.45. The van der Waals surface area contributed by atoms with E-state index in [2.05, 4.69) is 57.8 Å². The molecule has 0 bridgehead atoms. The summed E-state index contributed by atoms with van der Waals surface area (Å²) in [5.41, 5.74) is 2.88. The van der Waals surface area contributed by atoms with Crippen molar-refractivity contribution in [1.82, 2.24) is 24.6 Å². The zero-order valence-electron chi connectivity index (χ0n) is 18.1. The van der Waals surface area contributed by atoms with Gasteiger partial charge < -0.3 is 9.55 Å². The van der Waals surface area contributed by atoms with Crippen LogP contribution in [0.3, 0.4) is 0 Å². The first kappa shape index (κ1) is 21.3. The molecule has 0 aliphatic carbocycles. The zero-order valence-corrected chi connectivity index (χ0v) is 18.9. The number of Topliss-reactive ketones (excluding diaryl/α,β-unsaturated/α-hetero) is 1. The summed E-state index contributed by atoms with van der Waals surface area (Å²) in [6.07, 6.45) is 2.73. The van der Waals surface area contributed by atoms with E-state index in [0.717, 1.165) is 33.9 Å². The Bertz CT molecular complexity index is 1170. The first-order valence-electron chi connectivity index (χ1n) is 10.4. The number of nitrogens with zero attached hydrogens (tertiary/aromatic N) is 4. The summed E-state index contributed by atoms with van der Waals surface area (Å²) in [5, 5.41) is 10.7. The van der Waals surface area contributed by atoms with Gasteiger partial charge in [0.25, 0.3) is 0 Å². The molecule has 2 heterocycles. The molecule has 4 rings (SSSR count). The highest BCUT2D eigenvalue weighted by Gasteiger charge is 2.23. The molecule has 0 amide bonds. The Morgan fingerprint density at radius 1 is 1.10 bits per heavy atom. The molecule has 7 heteroatoms. The number of ketones is 1. The van der Waals surface area contributed by atoms with Gasteiger partial charge in [-0.2, -0.15) is 0 Å². The van der Waals surface area contributed by atoms with Gasteiger partial charge in [-0.15, -0.1) is 10.2 Å². The minimum Gasteiger partial charge on any atom is -0.360 e. The number of aromatic amines is 1. The minimum absolute atomic E-state index is 0.0814. The fraction of sp³-hybridized carbons (Fsp3) is 0.292. The normalized spacial score (nSPS) is 12.5. The highest BCUT2D eigenvalue weighted by Crippen LogP contribution is 2.27. The predicted octanol–water partition coefficient (Wildman–Crippen LogP) is 4.80. The van der Waals surface area contributed by atoms with E-state index in [9.17, 15) is 4.79 Å². The standard InChI is InChI=1S/C24H27N5OS/c1-4-21(28(2)3)23-26-27-24(29(23)15-17-10-6-5-7-11-17)31-16-22(30)19-14-25-20-13-9-8-12-18(19)20/h5-14,21,25H,4,15-16H2,1-3H3/t21-/m0/s1. The van der Waals surface area contributed by atoms with E-state index >= 15 is 0 Å². The molecule has 31 heavy (non-hydrogen) atoms. The highest BCUT2D eigenvalue weighted by molar-refractivity contribution is 7.99. The van der Waals surface area contributed by atoms with E-state index in [1.807, 2.05) is 42.5 Å². The lowest BCUT2D eigenvalue weighted by Gasteiger charge is -2.23. The van der Waals surface area contributed by atoms with Crippen molar-refractivity contribution in [3.8, 4) is 0 Å². The van der Waals surface area contributed by atoms with Crippen molar-refractivity contribution in [1.29, 1.82) is 0 Å². The van der Waals surface area contributed by atoms with E-state index in [4.69, 9.17) is 0 Å². The number of carbonyl (C=O) groups is 1. The molecule has 1 N–H and O–H groups in total. The number of rotatable bonds is 9. The van der Waals surface area contributed by atoms with Crippen LogP contribution in [0.5, 0.6) is 0 Å². The fourth-order valence-electron chi connectivity index (χ4n) is 3.86. The van der Waals surface area contributed by atoms with Gasteiger partial charge in [-0.25, -0.2) is 0 Å². The van der Waals surface area contributed by atoms with Crippen LogP contribution in [0.4, 0.5) is 0 Å². The van der Waals surface area contributed by atoms with E-state index in [-0.39, 0.29) is 11.8 Å². The summed E-state index contributed by atoms with van der Waals surface area (Å²) in [5.74, 6) is 1.32. The molecule has 0 saturated carbocycles. The van der Waals surface area contributed by atoms with E-state index in [0.29, 0.717) is 12.3 Å². The van der Waals surface area contributed by atoms with Gasteiger partial charge >= 0.3 is 0 Å². The van der Waals surface area contributed by atoms with Crippen LogP contribution in [0.25, 0.3) is 10.9 Å². The molecule has 2 aromatic heterocycles. The maximum absolute atomic E-state index is 13.0. The third-order valence-electron chi connectivity index (χ3n) is 5.46. The van der Waals surface area contributed by atoms with Crippen molar-refractivity contribution < 1.29 is 4.79 Å². The number of para-hydroxylation sites is 1. The minimum atomic E-state index is 0.0814. The first-order chi connectivity index (χ1) is 15.1. The Balaban J connectivity index is 1.60. The van der Waals surface area contributed by atoms with Gasteiger partial charge in [0.2, 0.25) is 0 Å². The molecule has 6 nitrogen and oxygen atoms in total. The predicted molar refractivity (Wildman–Crippen MR) is 126 cm³/mol. The number of thioether (sulfide) groups is 1. The fourth-order valence-corrected chi connectivity index (χ4v) is 4.68. The molecule has 160 valence electrons.